The fraction of sp³-hybridized carbons (Fsp3) is 0. The number of hydrogen-bond donors (Lipinski definition) is 2. The first kappa shape index (κ1) is 12.5. The first-order chi connectivity index (χ1) is 10.6. The molecule has 0 atom stereocenters. The largest absolute Gasteiger partial charge is 0.505 e. The molecule has 4 rings (SSSR count). The maximum atomic E-state index is 11.0. The van der Waals surface area contributed by atoms with E-state index in [1.54, 1.807) is 6.07 Å². The Balaban J connectivity index is 2.13. The SMILES string of the molecule is O=C(O)c1ccc2nc3c(O)c4ccccc4cc3nc2c1. The van der Waals surface area contributed by atoms with Crippen molar-refractivity contribution in [3.8, 4) is 5.75 Å². The van der Waals surface area contributed by atoms with Crippen molar-refractivity contribution in [2.75, 3.05) is 0 Å². The Morgan fingerprint density at radius 3 is 2.55 bits per heavy atom. The molecule has 0 unspecified atom stereocenters. The quantitative estimate of drug-likeness (QED) is 0.525. The lowest BCUT2D eigenvalue weighted by molar-refractivity contribution is 0.0697. The first-order valence-electron chi connectivity index (χ1n) is 6.69. The summed E-state index contributed by atoms with van der Waals surface area (Å²) in [5, 5.41) is 21.0. The van der Waals surface area contributed by atoms with Crippen LogP contribution in [0.4, 0.5) is 0 Å². The van der Waals surface area contributed by atoms with Crippen LogP contribution < -0.4 is 0 Å². The molecule has 0 aliphatic carbocycles. The molecule has 0 aliphatic heterocycles. The Kier molecular flexibility index (Phi) is 2.50. The molecule has 0 radical (unpaired) electrons. The Morgan fingerprint density at radius 1 is 0.909 bits per heavy atom. The van der Waals surface area contributed by atoms with E-state index in [9.17, 15) is 9.90 Å². The molecule has 2 N–H and O–H groups in total. The van der Waals surface area contributed by atoms with E-state index >= 15 is 0 Å². The molecule has 0 bridgehead atoms. The van der Waals surface area contributed by atoms with Crippen LogP contribution in [0.1, 0.15) is 10.4 Å². The molecular weight excluding hydrogens is 280 g/mol. The number of benzene rings is 3. The maximum Gasteiger partial charge on any atom is 0.335 e. The highest BCUT2D eigenvalue weighted by Gasteiger charge is 2.11. The van der Waals surface area contributed by atoms with Gasteiger partial charge < -0.3 is 10.2 Å². The zero-order chi connectivity index (χ0) is 15.3. The predicted octanol–water partition coefficient (Wildman–Crippen LogP) is 3.34. The number of phenols is 1. The van der Waals surface area contributed by atoms with Gasteiger partial charge in [-0.2, -0.15) is 0 Å². The molecule has 0 saturated heterocycles. The van der Waals surface area contributed by atoms with Gasteiger partial charge in [0.15, 0.2) is 5.75 Å². The van der Waals surface area contributed by atoms with Gasteiger partial charge in [-0.15, -0.1) is 0 Å². The summed E-state index contributed by atoms with van der Waals surface area (Å²) in [6.07, 6.45) is 0. The average Bonchev–Trinajstić information content (AvgIpc) is 2.53. The number of carboxylic acids is 1. The van der Waals surface area contributed by atoms with E-state index in [-0.39, 0.29) is 11.3 Å². The van der Waals surface area contributed by atoms with Gasteiger partial charge >= 0.3 is 5.97 Å². The second kappa shape index (κ2) is 4.39. The molecule has 0 amide bonds. The van der Waals surface area contributed by atoms with Crippen molar-refractivity contribution in [3.63, 3.8) is 0 Å². The Labute approximate surface area is 124 Å². The van der Waals surface area contributed by atoms with Gasteiger partial charge in [-0.05, 0) is 29.7 Å². The number of aromatic nitrogens is 2. The number of hydrogen-bond acceptors (Lipinski definition) is 4. The van der Waals surface area contributed by atoms with E-state index in [0.29, 0.717) is 27.5 Å². The highest BCUT2D eigenvalue weighted by molar-refractivity contribution is 6.04. The Morgan fingerprint density at radius 2 is 1.73 bits per heavy atom. The van der Waals surface area contributed by atoms with Crippen LogP contribution in [0.3, 0.4) is 0 Å². The van der Waals surface area contributed by atoms with Gasteiger partial charge in [-0.3, -0.25) is 0 Å². The molecule has 0 saturated carbocycles. The highest BCUT2D eigenvalue weighted by Crippen LogP contribution is 2.32. The van der Waals surface area contributed by atoms with Crippen LogP contribution in [0.5, 0.6) is 5.75 Å². The summed E-state index contributed by atoms with van der Waals surface area (Å²) in [4.78, 5) is 19.9. The number of carbonyl (C=O) groups is 1. The summed E-state index contributed by atoms with van der Waals surface area (Å²) in [6, 6.07) is 13.8. The summed E-state index contributed by atoms with van der Waals surface area (Å²) in [5.41, 5.74) is 2.14. The maximum absolute atomic E-state index is 11.0. The minimum absolute atomic E-state index is 0.0878. The molecule has 5 nitrogen and oxygen atoms in total. The molecule has 22 heavy (non-hydrogen) atoms. The molecule has 5 heteroatoms. The van der Waals surface area contributed by atoms with Gasteiger partial charge in [0.1, 0.15) is 5.52 Å². The fourth-order valence-electron chi connectivity index (χ4n) is 2.59. The van der Waals surface area contributed by atoms with E-state index in [0.717, 1.165) is 5.39 Å². The molecule has 3 aromatic carbocycles. The molecule has 4 aromatic rings. The van der Waals surface area contributed by atoms with Gasteiger partial charge in [-0.1, -0.05) is 24.3 Å². The van der Waals surface area contributed by atoms with Crippen molar-refractivity contribution in [2.24, 2.45) is 0 Å². The lowest BCUT2D eigenvalue weighted by Crippen LogP contribution is -1.97. The lowest BCUT2D eigenvalue weighted by Gasteiger charge is -2.07. The van der Waals surface area contributed by atoms with Crippen LogP contribution in [-0.4, -0.2) is 26.2 Å². The number of nitrogens with zero attached hydrogens (tertiary/aromatic N) is 2. The van der Waals surface area contributed by atoms with E-state index in [1.165, 1.54) is 12.1 Å². The molecule has 1 aromatic heterocycles. The van der Waals surface area contributed by atoms with Gasteiger partial charge in [0.05, 0.1) is 22.1 Å². The molecular formula is C17H10N2O3. The van der Waals surface area contributed by atoms with Crippen molar-refractivity contribution in [2.45, 2.75) is 0 Å². The van der Waals surface area contributed by atoms with Gasteiger partial charge in [0, 0.05) is 5.39 Å². The third-order valence-corrected chi connectivity index (χ3v) is 3.67. The van der Waals surface area contributed by atoms with Crippen LogP contribution in [0.25, 0.3) is 32.8 Å². The molecule has 0 aliphatic rings. The number of fused-ring (bicyclic) bond motifs is 3. The predicted molar refractivity (Wildman–Crippen MR) is 83.2 cm³/mol. The van der Waals surface area contributed by atoms with Gasteiger partial charge in [0.2, 0.25) is 0 Å². The topological polar surface area (TPSA) is 83.3 Å². The van der Waals surface area contributed by atoms with E-state index in [1.807, 2.05) is 30.3 Å². The molecule has 1 heterocycles. The normalized spacial score (nSPS) is 11.3. The van der Waals surface area contributed by atoms with Crippen LogP contribution in [0.2, 0.25) is 0 Å². The second-order valence-corrected chi connectivity index (χ2v) is 5.05. The van der Waals surface area contributed by atoms with Crippen molar-refractivity contribution in [1.82, 2.24) is 9.97 Å². The Hall–Kier alpha value is -3.21. The fourth-order valence-corrected chi connectivity index (χ4v) is 2.59. The lowest BCUT2D eigenvalue weighted by atomic mass is 10.1. The third-order valence-electron chi connectivity index (χ3n) is 3.67. The van der Waals surface area contributed by atoms with E-state index < -0.39 is 5.97 Å². The number of aromatic hydroxyl groups is 1. The van der Waals surface area contributed by atoms with Crippen molar-refractivity contribution < 1.29 is 15.0 Å². The van der Waals surface area contributed by atoms with E-state index in [4.69, 9.17) is 5.11 Å². The van der Waals surface area contributed by atoms with Crippen molar-refractivity contribution in [3.05, 3.63) is 54.1 Å². The summed E-state index contributed by atoms with van der Waals surface area (Å²) in [6.45, 7) is 0. The van der Waals surface area contributed by atoms with Gasteiger partial charge in [0.25, 0.3) is 0 Å². The zero-order valence-corrected chi connectivity index (χ0v) is 11.3. The minimum Gasteiger partial charge on any atom is -0.505 e. The van der Waals surface area contributed by atoms with Crippen LogP contribution in [0, 0.1) is 0 Å². The van der Waals surface area contributed by atoms with Crippen LogP contribution >= 0.6 is 0 Å². The zero-order valence-electron chi connectivity index (χ0n) is 11.3. The third kappa shape index (κ3) is 1.76. The summed E-state index contributed by atoms with van der Waals surface area (Å²) in [7, 11) is 0. The standard InChI is InChI=1S/C17H10N2O3/c20-16-11-4-2-1-3-9(11)7-14-15(16)19-12-6-5-10(17(21)22)8-13(12)18-14/h1-8,20H,(H,21,22). The minimum atomic E-state index is -1.01. The number of carboxylic acid groups (broad SMARTS) is 1. The van der Waals surface area contributed by atoms with Crippen molar-refractivity contribution >= 4 is 38.8 Å². The smallest absolute Gasteiger partial charge is 0.335 e. The summed E-state index contributed by atoms with van der Waals surface area (Å²) >= 11 is 0. The summed E-state index contributed by atoms with van der Waals surface area (Å²) in [5.74, 6) is -0.921. The molecule has 0 spiro atoms. The molecule has 0 fully saturated rings. The van der Waals surface area contributed by atoms with Crippen LogP contribution in [0.15, 0.2) is 48.5 Å². The number of phenolic OH excluding ortho intramolecular Hbond substituents is 1. The highest BCUT2D eigenvalue weighted by atomic mass is 16.4. The van der Waals surface area contributed by atoms with E-state index in [2.05, 4.69) is 9.97 Å². The second-order valence-electron chi connectivity index (χ2n) is 5.05. The number of rotatable bonds is 1. The first-order valence-corrected chi connectivity index (χ1v) is 6.69. The molecule has 106 valence electrons. The Bertz CT molecular complexity index is 1070. The summed E-state index contributed by atoms with van der Waals surface area (Å²) < 4.78 is 0. The monoisotopic (exact) mass is 290 g/mol. The number of aromatic carboxylic acids is 1. The van der Waals surface area contributed by atoms with Crippen molar-refractivity contribution in [1.29, 1.82) is 0 Å². The van der Waals surface area contributed by atoms with Crippen LogP contribution in [-0.2, 0) is 0 Å². The van der Waals surface area contributed by atoms with Gasteiger partial charge in [-0.25, -0.2) is 14.8 Å². The average molecular weight is 290 g/mol.